The van der Waals surface area contributed by atoms with Crippen LogP contribution in [0, 0.1) is 5.82 Å². The Labute approximate surface area is 119 Å². The minimum Gasteiger partial charge on any atom is -0.309 e. The summed E-state index contributed by atoms with van der Waals surface area (Å²) >= 11 is 1.31. The van der Waals surface area contributed by atoms with Gasteiger partial charge in [-0.3, -0.25) is 9.00 Å². The van der Waals surface area contributed by atoms with Crippen molar-refractivity contribution in [3.8, 4) is 0 Å². The van der Waals surface area contributed by atoms with Crippen molar-refractivity contribution in [2.45, 2.75) is 10.6 Å². The molecule has 1 N–H and O–H groups in total. The number of aromatic amines is 1. The molecule has 2 heterocycles. The van der Waals surface area contributed by atoms with Crippen LogP contribution in [-0.4, -0.2) is 14.2 Å². The van der Waals surface area contributed by atoms with Crippen molar-refractivity contribution in [3.05, 3.63) is 57.7 Å². The molecule has 0 spiro atoms. The lowest BCUT2D eigenvalue weighted by Gasteiger charge is -2.02. The molecule has 0 fully saturated rings. The molecule has 4 nitrogen and oxygen atoms in total. The number of thiophene rings is 1. The highest BCUT2D eigenvalue weighted by atomic mass is 32.2. The summed E-state index contributed by atoms with van der Waals surface area (Å²) in [6.45, 7) is 0. The number of nitrogens with one attached hydrogen (secondary N) is 1. The van der Waals surface area contributed by atoms with Gasteiger partial charge < -0.3 is 4.98 Å². The van der Waals surface area contributed by atoms with Crippen molar-refractivity contribution < 1.29 is 8.60 Å². The molecular weight excluding hydrogens is 299 g/mol. The maximum atomic E-state index is 13.1. The van der Waals surface area contributed by atoms with Crippen LogP contribution >= 0.6 is 11.3 Å². The molecular formula is C13H9FN2O2S2. The Hall–Kier alpha value is -1.86. The minimum atomic E-state index is -1.45. The van der Waals surface area contributed by atoms with Gasteiger partial charge in [-0.25, -0.2) is 9.37 Å². The molecule has 0 saturated carbocycles. The number of rotatable bonds is 3. The minimum absolute atomic E-state index is 0.0461. The first-order valence-corrected chi connectivity index (χ1v) is 7.94. The monoisotopic (exact) mass is 308 g/mol. The number of halogens is 1. The van der Waals surface area contributed by atoms with Gasteiger partial charge in [0.25, 0.3) is 5.56 Å². The van der Waals surface area contributed by atoms with E-state index in [1.54, 1.807) is 17.5 Å². The van der Waals surface area contributed by atoms with Gasteiger partial charge in [-0.2, -0.15) is 0 Å². The number of fused-ring (bicyclic) bond motifs is 1. The van der Waals surface area contributed by atoms with Gasteiger partial charge in [-0.15, -0.1) is 11.3 Å². The summed E-state index contributed by atoms with van der Waals surface area (Å²) in [5, 5.41) is 1.78. The molecule has 1 atom stereocenters. The van der Waals surface area contributed by atoms with Crippen LogP contribution in [0.3, 0.4) is 0 Å². The number of hydrogen-bond acceptors (Lipinski definition) is 4. The van der Waals surface area contributed by atoms with Crippen LogP contribution in [0.4, 0.5) is 4.39 Å². The quantitative estimate of drug-likeness (QED) is 0.808. The summed E-state index contributed by atoms with van der Waals surface area (Å²) < 4.78 is 25.8. The van der Waals surface area contributed by atoms with Gasteiger partial charge in [0.2, 0.25) is 0 Å². The van der Waals surface area contributed by atoms with Crippen molar-refractivity contribution in [1.29, 1.82) is 0 Å². The Morgan fingerprint density at radius 1 is 1.35 bits per heavy atom. The summed E-state index contributed by atoms with van der Waals surface area (Å²) in [6.07, 6.45) is 0. The van der Waals surface area contributed by atoms with Gasteiger partial charge in [0.05, 0.1) is 22.1 Å². The van der Waals surface area contributed by atoms with E-state index in [4.69, 9.17) is 0 Å². The maximum Gasteiger partial charge on any atom is 0.268 e. The van der Waals surface area contributed by atoms with Crippen molar-refractivity contribution in [2.24, 2.45) is 0 Å². The van der Waals surface area contributed by atoms with Gasteiger partial charge in [0, 0.05) is 4.90 Å². The first-order valence-electron chi connectivity index (χ1n) is 5.74. The number of nitrogens with zero attached hydrogens (tertiary/aromatic N) is 1. The molecule has 0 aliphatic carbocycles. The van der Waals surface area contributed by atoms with Gasteiger partial charge in [0.15, 0.2) is 0 Å². The largest absolute Gasteiger partial charge is 0.309 e. The molecule has 0 aliphatic heterocycles. The Morgan fingerprint density at radius 2 is 2.20 bits per heavy atom. The first-order chi connectivity index (χ1) is 9.63. The van der Waals surface area contributed by atoms with E-state index >= 15 is 0 Å². The lowest BCUT2D eigenvalue weighted by atomic mass is 10.4. The van der Waals surface area contributed by atoms with Crippen LogP contribution in [0.15, 0.2) is 45.4 Å². The molecule has 0 radical (unpaired) electrons. The summed E-state index contributed by atoms with van der Waals surface area (Å²) in [6, 6.07) is 7.33. The van der Waals surface area contributed by atoms with Crippen molar-refractivity contribution >= 4 is 32.4 Å². The van der Waals surface area contributed by atoms with Crippen LogP contribution in [0.5, 0.6) is 0 Å². The zero-order valence-electron chi connectivity index (χ0n) is 10.1. The second-order valence-corrected chi connectivity index (χ2v) is 6.46. The summed E-state index contributed by atoms with van der Waals surface area (Å²) in [4.78, 5) is 19.0. The number of H-pyrrole nitrogens is 1. The van der Waals surface area contributed by atoms with E-state index < -0.39 is 16.6 Å². The van der Waals surface area contributed by atoms with Crippen molar-refractivity contribution in [1.82, 2.24) is 9.97 Å². The smallest absolute Gasteiger partial charge is 0.268 e. The van der Waals surface area contributed by atoms with E-state index in [-0.39, 0.29) is 11.3 Å². The molecule has 1 aromatic carbocycles. The fraction of sp³-hybridized carbons (Fsp3) is 0.0769. The third kappa shape index (κ3) is 2.54. The predicted octanol–water partition coefficient (Wildman–Crippen LogP) is 2.43. The average Bonchev–Trinajstić information content (AvgIpc) is 2.87. The average molecular weight is 308 g/mol. The van der Waals surface area contributed by atoms with Gasteiger partial charge in [-0.05, 0) is 29.6 Å². The summed E-state index contributed by atoms with van der Waals surface area (Å²) in [5.74, 6) is -0.0566. The fourth-order valence-corrected chi connectivity index (χ4v) is 3.56. The molecule has 3 rings (SSSR count). The fourth-order valence-electron chi connectivity index (χ4n) is 1.81. The number of hydrogen-bond donors (Lipinski definition) is 1. The van der Waals surface area contributed by atoms with E-state index in [1.165, 1.54) is 29.5 Å². The van der Waals surface area contributed by atoms with Crippen molar-refractivity contribution in [3.63, 3.8) is 0 Å². The lowest BCUT2D eigenvalue weighted by molar-refractivity contribution is 0.622. The van der Waals surface area contributed by atoms with E-state index in [9.17, 15) is 13.4 Å². The van der Waals surface area contributed by atoms with Gasteiger partial charge >= 0.3 is 0 Å². The van der Waals surface area contributed by atoms with Crippen LogP contribution < -0.4 is 5.56 Å². The van der Waals surface area contributed by atoms with E-state index in [0.717, 1.165) is 0 Å². The number of aromatic nitrogens is 2. The zero-order valence-corrected chi connectivity index (χ0v) is 11.8. The highest BCUT2D eigenvalue weighted by molar-refractivity contribution is 7.84. The normalized spacial score (nSPS) is 12.7. The molecule has 0 bridgehead atoms. The standard InChI is InChI=1S/C13H9FN2O2S2/c14-8-2-1-3-9(6-8)20(18)7-11-15-10-4-5-19-12(10)13(17)16-11/h1-6H,7H2,(H,15,16,17). The summed E-state index contributed by atoms with van der Waals surface area (Å²) in [5.41, 5.74) is 0.348. The molecule has 20 heavy (non-hydrogen) atoms. The van der Waals surface area contributed by atoms with Crippen LogP contribution in [-0.2, 0) is 16.6 Å². The second-order valence-electron chi connectivity index (χ2n) is 4.09. The van der Waals surface area contributed by atoms with Gasteiger partial charge in [-0.1, -0.05) is 6.07 Å². The third-order valence-corrected chi connectivity index (χ3v) is 4.91. The van der Waals surface area contributed by atoms with Crippen molar-refractivity contribution in [2.75, 3.05) is 0 Å². The van der Waals surface area contributed by atoms with E-state index in [2.05, 4.69) is 9.97 Å². The van der Waals surface area contributed by atoms with Crippen LogP contribution in [0.25, 0.3) is 10.2 Å². The third-order valence-electron chi connectivity index (χ3n) is 2.69. The second kappa shape index (κ2) is 5.26. The highest BCUT2D eigenvalue weighted by Crippen LogP contribution is 2.16. The van der Waals surface area contributed by atoms with Gasteiger partial charge in [0.1, 0.15) is 16.3 Å². The number of benzene rings is 1. The molecule has 102 valence electrons. The Balaban J connectivity index is 1.93. The molecule has 0 saturated heterocycles. The summed E-state index contributed by atoms with van der Waals surface area (Å²) in [7, 11) is -1.45. The van der Waals surface area contributed by atoms with E-state index in [0.29, 0.717) is 20.9 Å². The van der Waals surface area contributed by atoms with Crippen LogP contribution in [0.2, 0.25) is 0 Å². The first kappa shape index (κ1) is 13.1. The van der Waals surface area contributed by atoms with Crippen LogP contribution in [0.1, 0.15) is 5.82 Å². The van der Waals surface area contributed by atoms with E-state index in [1.807, 2.05) is 0 Å². The molecule has 7 heteroatoms. The lowest BCUT2D eigenvalue weighted by Crippen LogP contribution is -2.12. The Morgan fingerprint density at radius 3 is 3.00 bits per heavy atom. The molecule has 3 aromatic rings. The maximum absolute atomic E-state index is 13.1. The highest BCUT2D eigenvalue weighted by Gasteiger charge is 2.10. The predicted molar refractivity (Wildman–Crippen MR) is 76.8 cm³/mol. The molecule has 2 aromatic heterocycles. The molecule has 1 unspecified atom stereocenters. The zero-order chi connectivity index (χ0) is 14.1. The molecule has 0 amide bonds. The topological polar surface area (TPSA) is 62.8 Å². The SMILES string of the molecule is O=c1[nH]c(CS(=O)c2cccc(F)c2)nc2ccsc12. The Bertz CT molecular complexity index is 857. The molecule has 0 aliphatic rings. The Kier molecular flexibility index (Phi) is 3.45.